The van der Waals surface area contributed by atoms with Crippen LogP contribution in [0.25, 0.3) is 0 Å². The van der Waals surface area contributed by atoms with Gasteiger partial charge in [-0.25, -0.2) is 0 Å². The highest BCUT2D eigenvalue weighted by Gasteiger charge is 2.29. The average molecular weight is 300 g/mol. The number of carbonyl (C=O) groups is 1. The van der Waals surface area contributed by atoms with E-state index in [9.17, 15) is 4.79 Å². The van der Waals surface area contributed by atoms with E-state index in [2.05, 4.69) is 0 Å². The van der Waals surface area contributed by atoms with Gasteiger partial charge in [-0.05, 0) is 36.4 Å². The molecule has 0 atom stereocenters. The van der Waals surface area contributed by atoms with Crippen molar-refractivity contribution in [3.05, 3.63) is 29.3 Å². The zero-order chi connectivity index (χ0) is 13.7. The minimum absolute atomic E-state index is 0.191. The molecule has 1 aliphatic rings. The third kappa shape index (κ3) is 4.41. The van der Waals surface area contributed by atoms with E-state index in [-0.39, 0.29) is 12.5 Å². The summed E-state index contributed by atoms with van der Waals surface area (Å²) in [5.74, 6) is 1.44. The van der Waals surface area contributed by atoms with E-state index in [0.29, 0.717) is 12.3 Å². The average Bonchev–Trinajstić information content (AvgIpc) is 2.35. The third-order valence-electron chi connectivity index (χ3n) is 3.19. The normalized spacial score (nSPS) is 15.4. The largest absolute Gasteiger partial charge is 0.396 e. The molecule has 104 valence electrons. The highest BCUT2D eigenvalue weighted by Crippen LogP contribution is 2.22. The van der Waals surface area contributed by atoms with Gasteiger partial charge in [0.2, 0.25) is 5.91 Å². The Morgan fingerprint density at radius 2 is 2.05 bits per heavy atom. The van der Waals surface area contributed by atoms with Crippen molar-refractivity contribution < 1.29 is 9.90 Å². The number of thioether (sulfide) groups is 1. The second-order valence-electron chi connectivity index (χ2n) is 4.75. The van der Waals surface area contributed by atoms with E-state index in [0.717, 1.165) is 30.3 Å². The third-order valence-corrected chi connectivity index (χ3v) is 4.54. The lowest BCUT2D eigenvalue weighted by molar-refractivity contribution is -0.138. The van der Waals surface area contributed by atoms with Crippen LogP contribution in [0.3, 0.4) is 0 Å². The Kier molecular flexibility index (Phi) is 5.55. The minimum atomic E-state index is 0.191. The molecular weight excluding hydrogens is 282 g/mol. The second kappa shape index (κ2) is 7.17. The van der Waals surface area contributed by atoms with Crippen molar-refractivity contribution in [2.24, 2.45) is 5.92 Å². The van der Waals surface area contributed by atoms with Crippen molar-refractivity contribution in [3.63, 3.8) is 0 Å². The van der Waals surface area contributed by atoms with Crippen molar-refractivity contribution in [2.75, 3.05) is 25.4 Å². The van der Waals surface area contributed by atoms with Crippen LogP contribution in [0.1, 0.15) is 12.8 Å². The molecule has 5 heteroatoms. The first-order valence-electron chi connectivity index (χ1n) is 6.46. The van der Waals surface area contributed by atoms with Gasteiger partial charge < -0.3 is 10.0 Å². The summed E-state index contributed by atoms with van der Waals surface area (Å²) in [6.45, 7) is 1.63. The molecule has 1 saturated heterocycles. The number of amides is 1. The number of halogens is 1. The smallest absolute Gasteiger partial charge is 0.222 e. The first-order chi connectivity index (χ1) is 9.19. The van der Waals surface area contributed by atoms with E-state index in [1.54, 1.807) is 11.8 Å². The number of aliphatic hydroxyl groups excluding tert-OH is 1. The number of rotatable bonds is 6. The Hall–Kier alpha value is -0.710. The van der Waals surface area contributed by atoms with Gasteiger partial charge in [0.25, 0.3) is 0 Å². The summed E-state index contributed by atoms with van der Waals surface area (Å²) in [4.78, 5) is 14.8. The molecular formula is C14H18ClNO2S. The molecule has 0 bridgehead atoms. The van der Waals surface area contributed by atoms with Gasteiger partial charge in [-0.3, -0.25) is 4.79 Å². The van der Waals surface area contributed by atoms with Crippen molar-refractivity contribution in [1.82, 2.24) is 4.90 Å². The Balaban J connectivity index is 1.59. The molecule has 0 aromatic heterocycles. The fourth-order valence-electron chi connectivity index (χ4n) is 1.99. The maximum absolute atomic E-state index is 11.8. The number of hydrogen-bond acceptors (Lipinski definition) is 3. The SMILES string of the molecule is O=C(CCCSc1ccc(Cl)cc1)N1CC(CO)C1. The van der Waals surface area contributed by atoms with Crippen LogP contribution in [-0.4, -0.2) is 41.4 Å². The van der Waals surface area contributed by atoms with E-state index in [1.807, 2.05) is 29.2 Å². The zero-order valence-electron chi connectivity index (χ0n) is 10.7. The van der Waals surface area contributed by atoms with Crippen LogP contribution in [0.15, 0.2) is 29.2 Å². The number of nitrogens with zero attached hydrogens (tertiary/aromatic N) is 1. The van der Waals surface area contributed by atoms with Gasteiger partial charge in [0.05, 0.1) is 0 Å². The molecule has 1 aromatic rings. The second-order valence-corrected chi connectivity index (χ2v) is 6.36. The molecule has 0 spiro atoms. The lowest BCUT2D eigenvalue weighted by atomic mass is 10.0. The molecule has 1 amide bonds. The van der Waals surface area contributed by atoms with Crippen LogP contribution < -0.4 is 0 Å². The van der Waals surface area contributed by atoms with Gasteiger partial charge in [-0.2, -0.15) is 0 Å². The van der Waals surface area contributed by atoms with E-state index < -0.39 is 0 Å². The first kappa shape index (κ1) is 14.7. The molecule has 0 radical (unpaired) electrons. The fraction of sp³-hybridized carbons (Fsp3) is 0.500. The van der Waals surface area contributed by atoms with Crippen molar-refractivity contribution in [1.29, 1.82) is 0 Å². The van der Waals surface area contributed by atoms with Gasteiger partial charge in [0.1, 0.15) is 0 Å². The predicted molar refractivity (Wildman–Crippen MR) is 78.6 cm³/mol. The Bertz CT molecular complexity index is 418. The van der Waals surface area contributed by atoms with Gasteiger partial charge in [-0.1, -0.05) is 11.6 Å². The molecule has 0 saturated carbocycles. The highest BCUT2D eigenvalue weighted by molar-refractivity contribution is 7.99. The van der Waals surface area contributed by atoms with Crippen LogP contribution in [-0.2, 0) is 4.79 Å². The molecule has 1 heterocycles. The number of hydrogen-bond donors (Lipinski definition) is 1. The van der Waals surface area contributed by atoms with Crippen LogP contribution in [0.2, 0.25) is 5.02 Å². The van der Waals surface area contributed by atoms with Gasteiger partial charge in [0, 0.05) is 42.0 Å². The first-order valence-corrected chi connectivity index (χ1v) is 7.82. The Morgan fingerprint density at radius 3 is 2.68 bits per heavy atom. The minimum Gasteiger partial charge on any atom is -0.396 e. The van der Waals surface area contributed by atoms with E-state index >= 15 is 0 Å². The molecule has 19 heavy (non-hydrogen) atoms. The lowest BCUT2D eigenvalue weighted by Crippen LogP contribution is -2.51. The standard InChI is InChI=1S/C14H18ClNO2S/c15-12-3-5-13(6-4-12)19-7-1-2-14(18)16-8-11(9-16)10-17/h3-6,11,17H,1-2,7-10H2. The number of aliphatic hydroxyl groups is 1. The van der Waals surface area contributed by atoms with Crippen molar-refractivity contribution in [2.45, 2.75) is 17.7 Å². The van der Waals surface area contributed by atoms with Crippen LogP contribution >= 0.6 is 23.4 Å². The van der Waals surface area contributed by atoms with Crippen LogP contribution in [0.5, 0.6) is 0 Å². The van der Waals surface area contributed by atoms with Crippen LogP contribution in [0.4, 0.5) is 0 Å². The van der Waals surface area contributed by atoms with Crippen molar-refractivity contribution >= 4 is 29.3 Å². The lowest BCUT2D eigenvalue weighted by Gasteiger charge is -2.38. The summed E-state index contributed by atoms with van der Waals surface area (Å²) >= 11 is 7.56. The molecule has 1 fully saturated rings. The predicted octanol–water partition coefficient (Wildman–Crippen LogP) is 2.66. The Morgan fingerprint density at radius 1 is 1.37 bits per heavy atom. The Labute approximate surface area is 122 Å². The quantitative estimate of drug-likeness (QED) is 0.648. The fourth-order valence-corrected chi connectivity index (χ4v) is 2.97. The van der Waals surface area contributed by atoms with Gasteiger partial charge in [-0.15, -0.1) is 11.8 Å². The maximum atomic E-state index is 11.8. The molecule has 3 nitrogen and oxygen atoms in total. The maximum Gasteiger partial charge on any atom is 0.222 e. The molecule has 1 aliphatic heterocycles. The summed E-state index contributed by atoms with van der Waals surface area (Å²) in [6.07, 6.45) is 1.48. The van der Waals surface area contributed by atoms with Gasteiger partial charge in [0.15, 0.2) is 0 Å². The number of likely N-dealkylation sites (tertiary alicyclic amines) is 1. The summed E-state index contributed by atoms with van der Waals surface area (Å²) < 4.78 is 0. The monoisotopic (exact) mass is 299 g/mol. The molecule has 2 rings (SSSR count). The highest BCUT2D eigenvalue weighted by atomic mass is 35.5. The molecule has 1 aromatic carbocycles. The number of benzene rings is 1. The summed E-state index contributed by atoms with van der Waals surface area (Å²) in [6, 6.07) is 7.75. The summed E-state index contributed by atoms with van der Waals surface area (Å²) in [7, 11) is 0. The molecule has 0 unspecified atom stereocenters. The summed E-state index contributed by atoms with van der Waals surface area (Å²) in [5, 5.41) is 9.64. The molecule has 0 aliphatic carbocycles. The number of carbonyl (C=O) groups excluding carboxylic acids is 1. The summed E-state index contributed by atoms with van der Waals surface area (Å²) in [5.41, 5.74) is 0. The molecule has 1 N–H and O–H groups in total. The van der Waals surface area contributed by atoms with Crippen molar-refractivity contribution in [3.8, 4) is 0 Å². The van der Waals surface area contributed by atoms with Crippen LogP contribution in [0, 0.1) is 5.92 Å². The van der Waals surface area contributed by atoms with E-state index in [1.165, 1.54) is 4.90 Å². The topological polar surface area (TPSA) is 40.5 Å². The van der Waals surface area contributed by atoms with E-state index in [4.69, 9.17) is 16.7 Å². The van der Waals surface area contributed by atoms with Gasteiger partial charge >= 0.3 is 0 Å². The zero-order valence-corrected chi connectivity index (χ0v) is 12.3.